The van der Waals surface area contributed by atoms with Crippen molar-refractivity contribution in [2.45, 2.75) is 39.2 Å². The van der Waals surface area contributed by atoms with Crippen LogP contribution in [-0.2, 0) is 23.2 Å². The molecule has 0 aliphatic heterocycles. The lowest BCUT2D eigenvalue weighted by Crippen LogP contribution is -2.30. The summed E-state index contributed by atoms with van der Waals surface area (Å²) in [5, 5.41) is 8.99. The van der Waals surface area contributed by atoms with Crippen LogP contribution in [0.1, 0.15) is 47.8 Å². The SMILES string of the molecule is CC(C)(C)c1ccc(C(=O)N(Cc2ccccc2)c2ccc(CC(=O)O)cc2)cc1. The number of rotatable bonds is 6. The molecule has 0 spiro atoms. The molecule has 0 aromatic heterocycles. The average Bonchev–Trinajstić information content (AvgIpc) is 2.72. The van der Waals surface area contributed by atoms with Crippen molar-refractivity contribution >= 4 is 17.6 Å². The van der Waals surface area contributed by atoms with Gasteiger partial charge in [-0.05, 0) is 46.4 Å². The Hall–Kier alpha value is -3.40. The minimum absolute atomic E-state index is 0.0191. The molecule has 4 nitrogen and oxygen atoms in total. The topological polar surface area (TPSA) is 57.6 Å². The largest absolute Gasteiger partial charge is 0.481 e. The Kier molecular flexibility index (Phi) is 6.36. The second kappa shape index (κ2) is 8.95. The van der Waals surface area contributed by atoms with Crippen molar-refractivity contribution in [1.82, 2.24) is 0 Å². The highest BCUT2D eigenvalue weighted by Crippen LogP contribution is 2.25. The van der Waals surface area contributed by atoms with E-state index in [1.165, 1.54) is 5.56 Å². The van der Waals surface area contributed by atoms with Crippen molar-refractivity contribution < 1.29 is 14.7 Å². The van der Waals surface area contributed by atoms with E-state index in [4.69, 9.17) is 5.11 Å². The van der Waals surface area contributed by atoms with E-state index in [0.717, 1.165) is 11.3 Å². The fraction of sp³-hybridized carbons (Fsp3) is 0.231. The predicted molar refractivity (Wildman–Crippen MR) is 120 cm³/mol. The predicted octanol–water partition coefficient (Wildman–Crippen LogP) is 5.46. The van der Waals surface area contributed by atoms with Crippen LogP contribution < -0.4 is 4.90 Å². The molecule has 0 saturated heterocycles. The lowest BCUT2D eigenvalue weighted by molar-refractivity contribution is -0.136. The molecule has 3 aromatic carbocycles. The van der Waals surface area contributed by atoms with Crippen LogP contribution in [0.15, 0.2) is 78.9 Å². The van der Waals surface area contributed by atoms with E-state index >= 15 is 0 Å². The van der Waals surface area contributed by atoms with Crippen molar-refractivity contribution in [1.29, 1.82) is 0 Å². The van der Waals surface area contributed by atoms with Crippen LogP contribution in [0.25, 0.3) is 0 Å². The van der Waals surface area contributed by atoms with Gasteiger partial charge in [-0.15, -0.1) is 0 Å². The molecule has 0 unspecified atom stereocenters. The number of carbonyl (C=O) groups is 2. The van der Waals surface area contributed by atoms with Gasteiger partial charge in [0, 0.05) is 11.3 Å². The zero-order chi connectivity index (χ0) is 21.7. The third-order valence-corrected chi connectivity index (χ3v) is 5.03. The molecular weight excluding hydrogens is 374 g/mol. The van der Waals surface area contributed by atoms with E-state index < -0.39 is 5.97 Å². The fourth-order valence-electron chi connectivity index (χ4n) is 3.28. The molecule has 0 aliphatic carbocycles. The van der Waals surface area contributed by atoms with Crippen molar-refractivity contribution in [3.05, 3.63) is 101 Å². The summed E-state index contributed by atoms with van der Waals surface area (Å²) in [4.78, 5) is 26.1. The van der Waals surface area contributed by atoms with Gasteiger partial charge in [-0.2, -0.15) is 0 Å². The number of benzene rings is 3. The summed E-state index contributed by atoms with van der Waals surface area (Å²) in [5.74, 6) is -0.968. The molecule has 0 bridgehead atoms. The van der Waals surface area contributed by atoms with Crippen LogP contribution >= 0.6 is 0 Å². The molecule has 1 N–H and O–H groups in total. The summed E-state index contributed by atoms with van der Waals surface area (Å²) in [7, 11) is 0. The summed E-state index contributed by atoms with van der Waals surface area (Å²) in [5.41, 5.74) is 4.27. The second-order valence-electron chi connectivity index (χ2n) is 8.44. The molecule has 0 saturated carbocycles. The number of hydrogen-bond donors (Lipinski definition) is 1. The van der Waals surface area contributed by atoms with Gasteiger partial charge in [0.25, 0.3) is 5.91 Å². The zero-order valence-corrected chi connectivity index (χ0v) is 17.6. The number of aliphatic carboxylic acids is 1. The van der Waals surface area contributed by atoms with Gasteiger partial charge in [-0.1, -0.05) is 75.4 Å². The summed E-state index contributed by atoms with van der Waals surface area (Å²) in [6, 6.07) is 24.7. The van der Waals surface area contributed by atoms with Gasteiger partial charge < -0.3 is 10.0 Å². The van der Waals surface area contributed by atoms with E-state index in [2.05, 4.69) is 20.8 Å². The van der Waals surface area contributed by atoms with Crippen LogP contribution in [0.2, 0.25) is 0 Å². The molecular formula is C26H27NO3. The van der Waals surface area contributed by atoms with E-state index in [0.29, 0.717) is 17.7 Å². The minimum Gasteiger partial charge on any atom is -0.481 e. The first-order valence-corrected chi connectivity index (χ1v) is 10.0. The molecule has 1 amide bonds. The van der Waals surface area contributed by atoms with Gasteiger partial charge in [-0.25, -0.2) is 0 Å². The highest BCUT2D eigenvalue weighted by molar-refractivity contribution is 6.06. The van der Waals surface area contributed by atoms with E-state index in [-0.39, 0.29) is 17.7 Å². The van der Waals surface area contributed by atoms with Crippen LogP contribution in [0, 0.1) is 0 Å². The second-order valence-corrected chi connectivity index (χ2v) is 8.44. The van der Waals surface area contributed by atoms with Gasteiger partial charge in [0.05, 0.1) is 13.0 Å². The molecule has 0 fully saturated rings. The first-order valence-electron chi connectivity index (χ1n) is 10.0. The monoisotopic (exact) mass is 401 g/mol. The average molecular weight is 402 g/mol. The highest BCUT2D eigenvalue weighted by atomic mass is 16.4. The third kappa shape index (κ3) is 5.35. The fourth-order valence-corrected chi connectivity index (χ4v) is 3.28. The Labute approximate surface area is 177 Å². The first-order chi connectivity index (χ1) is 14.2. The Morgan fingerprint density at radius 3 is 1.93 bits per heavy atom. The molecule has 0 radical (unpaired) electrons. The van der Waals surface area contributed by atoms with E-state index in [1.54, 1.807) is 17.0 Å². The van der Waals surface area contributed by atoms with Crippen LogP contribution in [0.5, 0.6) is 0 Å². The van der Waals surface area contributed by atoms with Crippen molar-refractivity contribution in [3.63, 3.8) is 0 Å². The summed E-state index contributed by atoms with van der Waals surface area (Å²) in [6.07, 6.45) is -0.0405. The Balaban J connectivity index is 1.92. The maximum atomic E-state index is 13.4. The van der Waals surface area contributed by atoms with Crippen molar-refractivity contribution in [2.75, 3.05) is 4.90 Å². The van der Waals surface area contributed by atoms with Gasteiger partial charge in [0.2, 0.25) is 0 Å². The van der Waals surface area contributed by atoms with E-state index in [9.17, 15) is 9.59 Å². The van der Waals surface area contributed by atoms with Crippen molar-refractivity contribution in [3.8, 4) is 0 Å². The minimum atomic E-state index is -0.876. The van der Waals surface area contributed by atoms with Gasteiger partial charge in [0.15, 0.2) is 0 Å². The summed E-state index contributed by atoms with van der Waals surface area (Å²) >= 11 is 0. The van der Waals surface area contributed by atoms with Gasteiger partial charge in [-0.3, -0.25) is 9.59 Å². The van der Waals surface area contributed by atoms with E-state index in [1.807, 2.05) is 66.7 Å². The molecule has 0 atom stereocenters. The third-order valence-electron chi connectivity index (χ3n) is 5.03. The molecule has 30 heavy (non-hydrogen) atoms. The van der Waals surface area contributed by atoms with Crippen LogP contribution in [0.3, 0.4) is 0 Å². The molecule has 0 heterocycles. The number of carbonyl (C=O) groups excluding carboxylic acids is 1. The standard InChI is InChI=1S/C26H27NO3/c1-26(2,3)22-13-11-21(12-14-22)25(30)27(18-20-7-5-4-6-8-20)23-15-9-19(10-16-23)17-24(28)29/h4-16H,17-18H2,1-3H3,(H,28,29). The van der Waals surface area contributed by atoms with Crippen LogP contribution in [-0.4, -0.2) is 17.0 Å². The quantitative estimate of drug-likeness (QED) is 0.597. The van der Waals surface area contributed by atoms with Crippen LogP contribution in [0.4, 0.5) is 5.69 Å². The molecule has 4 heteroatoms. The number of hydrogen-bond acceptors (Lipinski definition) is 2. The molecule has 154 valence electrons. The molecule has 3 rings (SSSR count). The van der Waals surface area contributed by atoms with Crippen molar-refractivity contribution in [2.24, 2.45) is 0 Å². The Bertz CT molecular complexity index is 1000. The lowest BCUT2D eigenvalue weighted by Gasteiger charge is -2.24. The maximum Gasteiger partial charge on any atom is 0.307 e. The lowest BCUT2D eigenvalue weighted by atomic mass is 9.86. The number of anilines is 1. The maximum absolute atomic E-state index is 13.4. The number of carboxylic acid groups (broad SMARTS) is 1. The number of carboxylic acids is 1. The molecule has 0 aliphatic rings. The zero-order valence-electron chi connectivity index (χ0n) is 17.6. The summed E-state index contributed by atoms with van der Waals surface area (Å²) < 4.78 is 0. The first kappa shape index (κ1) is 21.3. The number of amides is 1. The Morgan fingerprint density at radius 2 is 1.40 bits per heavy atom. The number of nitrogens with zero attached hydrogens (tertiary/aromatic N) is 1. The normalized spacial score (nSPS) is 11.2. The smallest absolute Gasteiger partial charge is 0.307 e. The Morgan fingerprint density at radius 1 is 0.800 bits per heavy atom. The molecule has 3 aromatic rings. The van der Waals surface area contributed by atoms with Gasteiger partial charge >= 0.3 is 5.97 Å². The highest BCUT2D eigenvalue weighted by Gasteiger charge is 2.20. The summed E-state index contributed by atoms with van der Waals surface area (Å²) in [6.45, 7) is 6.86. The van der Waals surface area contributed by atoms with Gasteiger partial charge in [0.1, 0.15) is 0 Å².